The van der Waals surface area contributed by atoms with Crippen molar-refractivity contribution in [3.05, 3.63) is 59.4 Å². The molecule has 158 valence electrons. The second kappa shape index (κ2) is 8.00. The predicted octanol–water partition coefficient (Wildman–Crippen LogP) is 3.23. The highest BCUT2D eigenvalue weighted by Gasteiger charge is 2.51. The number of hydrogen-bond donors (Lipinski definition) is 2. The summed E-state index contributed by atoms with van der Waals surface area (Å²) >= 11 is 0. The van der Waals surface area contributed by atoms with E-state index in [-0.39, 0.29) is 28.9 Å². The summed E-state index contributed by atoms with van der Waals surface area (Å²) in [5, 5.41) is 2.53. The minimum Gasteiger partial charge on any atom is -0.306 e. The van der Waals surface area contributed by atoms with Crippen molar-refractivity contribution in [2.45, 2.75) is 31.4 Å². The molecule has 2 N–H and O–H groups in total. The number of alkyl halides is 2. The third-order valence-electron chi connectivity index (χ3n) is 4.84. The molecule has 1 aliphatic heterocycles. The number of rotatable bonds is 6. The Kier molecular flexibility index (Phi) is 5.98. The number of nitrogens with one attached hydrogen (secondary N) is 2. The number of halogens is 5. The van der Waals surface area contributed by atoms with Crippen molar-refractivity contribution >= 4 is 10.0 Å². The van der Waals surface area contributed by atoms with E-state index in [0.717, 1.165) is 12.1 Å². The molecule has 29 heavy (non-hydrogen) atoms. The van der Waals surface area contributed by atoms with E-state index in [1.807, 2.05) is 4.72 Å². The largest absolute Gasteiger partial charge is 0.306 e. The van der Waals surface area contributed by atoms with Crippen LogP contribution in [0.5, 0.6) is 0 Å². The van der Waals surface area contributed by atoms with Crippen LogP contribution in [0.15, 0.2) is 36.4 Å². The fraction of sp³-hybridized carbons (Fsp3) is 0.368. The van der Waals surface area contributed by atoms with Crippen molar-refractivity contribution in [3.8, 4) is 11.1 Å². The van der Waals surface area contributed by atoms with Crippen molar-refractivity contribution in [2.24, 2.45) is 0 Å². The van der Waals surface area contributed by atoms with Gasteiger partial charge < -0.3 is 5.32 Å². The van der Waals surface area contributed by atoms with Gasteiger partial charge in [0.05, 0.1) is 12.3 Å². The Morgan fingerprint density at radius 2 is 1.79 bits per heavy atom. The first-order valence-electron chi connectivity index (χ1n) is 8.87. The maximum Gasteiger partial charge on any atom is 0.277 e. The van der Waals surface area contributed by atoms with Crippen LogP contribution in [0.4, 0.5) is 22.0 Å². The first-order chi connectivity index (χ1) is 13.5. The summed E-state index contributed by atoms with van der Waals surface area (Å²) in [5.41, 5.74) is -0.103. The summed E-state index contributed by atoms with van der Waals surface area (Å²) in [6.07, 6.45) is -0.246. The molecule has 0 spiro atoms. The lowest BCUT2D eigenvalue weighted by Crippen LogP contribution is -2.51. The fourth-order valence-electron chi connectivity index (χ4n) is 3.33. The zero-order valence-corrected chi connectivity index (χ0v) is 16.2. The summed E-state index contributed by atoms with van der Waals surface area (Å²) in [7, 11) is -3.92. The quantitative estimate of drug-likeness (QED) is 0.687. The molecule has 10 heteroatoms. The van der Waals surface area contributed by atoms with E-state index in [0.29, 0.717) is 6.07 Å². The van der Waals surface area contributed by atoms with Gasteiger partial charge in [0.15, 0.2) is 0 Å². The van der Waals surface area contributed by atoms with Crippen LogP contribution >= 0.6 is 0 Å². The topological polar surface area (TPSA) is 58.2 Å². The van der Waals surface area contributed by atoms with Crippen molar-refractivity contribution < 1.29 is 30.4 Å². The number of hydrogen-bond acceptors (Lipinski definition) is 3. The lowest BCUT2D eigenvalue weighted by atomic mass is 9.95. The van der Waals surface area contributed by atoms with E-state index >= 15 is 4.39 Å². The average molecular weight is 434 g/mol. The van der Waals surface area contributed by atoms with Crippen molar-refractivity contribution in [3.63, 3.8) is 0 Å². The molecule has 0 radical (unpaired) electrons. The van der Waals surface area contributed by atoms with E-state index in [9.17, 15) is 26.0 Å². The standard InChI is InChI=1S/C19H19F5N2O2S/c1-2-29(27,28)26-18-16(25-10-19(18,23)24)8-11-4-3-5-15(17(11)22)12-6-13(20)9-14(21)7-12/h3-7,9,16,18,25-26H,2,8,10H2,1H3/t16-,18+/m0/s1. The smallest absolute Gasteiger partial charge is 0.277 e. The minimum atomic E-state index is -3.92. The molecule has 1 saturated heterocycles. The van der Waals surface area contributed by atoms with Crippen LogP contribution in [-0.2, 0) is 16.4 Å². The van der Waals surface area contributed by atoms with Crippen LogP contribution < -0.4 is 10.0 Å². The number of benzene rings is 2. The Hall–Kier alpha value is -2.04. The van der Waals surface area contributed by atoms with Gasteiger partial charge >= 0.3 is 0 Å². The highest BCUT2D eigenvalue weighted by atomic mass is 32.2. The summed E-state index contributed by atoms with van der Waals surface area (Å²) < 4.78 is 95.9. The Morgan fingerprint density at radius 1 is 1.14 bits per heavy atom. The molecule has 4 nitrogen and oxygen atoms in total. The predicted molar refractivity (Wildman–Crippen MR) is 98.6 cm³/mol. The van der Waals surface area contributed by atoms with Gasteiger partial charge in [-0.25, -0.2) is 35.1 Å². The third kappa shape index (κ3) is 4.76. The summed E-state index contributed by atoms with van der Waals surface area (Å²) in [6.45, 7) is 0.560. The molecule has 0 amide bonds. The summed E-state index contributed by atoms with van der Waals surface area (Å²) in [4.78, 5) is 0. The summed E-state index contributed by atoms with van der Waals surface area (Å²) in [6, 6.07) is 3.88. The zero-order chi connectivity index (χ0) is 21.4. The van der Waals surface area contributed by atoms with Gasteiger partial charge in [0.1, 0.15) is 23.5 Å². The monoisotopic (exact) mass is 434 g/mol. The molecule has 0 bridgehead atoms. The molecule has 1 aliphatic rings. The van der Waals surface area contributed by atoms with Gasteiger partial charge in [-0.15, -0.1) is 0 Å². The van der Waals surface area contributed by atoms with Crippen molar-refractivity contribution in [1.29, 1.82) is 0 Å². The Labute approximate surface area is 165 Å². The van der Waals surface area contributed by atoms with Gasteiger partial charge in [-0.2, -0.15) is 0 Å². The minimum absolute atomic E-state index is 0.0167. The highest BCUT2D eigenvalue weighted by Crippen LogP contribution is 2.31. The van der Waals surface area contributed by atoms with Crippen LogP contribution in [0.3, 0.4) is 0 Å². The SMILES string of the molecule is CCS(=O)(=O)N[C@@H]1[C@H](Cc2cccc(-c3cc(F)cc(F)c3)c2F)NCC1(F)F. The van der Waals surface area contributed by atoms with E-state index < -0.39 is 52.0 Å². The molecule has 3 rings (SSSR count). The number of sulfonamides is 1. The van der Waals surface area contributed by atoms with Crippen LogP contribution in [0.1, 0.15) is 12.5 Å². The van der Waals surface area contributed by atoms with Crippen LogP contribution in [-0.4, -0.2) is 38.7 Å². The van der Waals surface area contributed by atoms with Gasteiger partial charge in [0.2, 0.25) is 10.0 Å². The van der Waals surface area contributed by atoms with Gasteiger partial charge in [-0.1, -0.05) is 18.2 Å². The lowest BCUT2D eigenvalue weighted by molar-refractivity contribution is -0.000880. The lowest BCUT2D eigenvalue weighted by Gasteiger charge is -2.24. The average Bonchev–Trinajstić information content (AvgIpc) is 2.90. The van der Waals surface area contributed by atoms with E-state index in [4.69, 9.17) is 0 Å². The van der Waals surface area contributed by atoms with Gasteiger partial charge in [-0.05, 0) is 36.6 Å². The first-order valence-corrected chi connectivity index (χ1v) is 10.5. The normalized spacial score (nSPS) is 21.4. The molecule has 2 aromatic carbocycles. The molecule has 2 atom stereocenters. The summed E-state index contributed by atoms with van der Waals surface area (Å²) in [5.74, 6) is -6.30. The Bertz CT molecular complexity index is 993. The molecular formula is C19H19F5N2O2S. The van der Waals surface area contributed by atoms with Crippen LogP contribution in [0, 0.1) is 17.5 Å². The second-order valence-electron chi connectivity index (χ2n) is 6.89. The maximum absolute atomic E-state index is 15.0. The van der Waals surface area contributed by atoms with Gasteiger partial charge in [-0.3, -0.25) is 0 Å². The fourth-order valence-corrected chi connectivity index (χ4v) is 4.22. The van der Waals surface area contributed by atoms with E-state index in [1.165, 1.54) is 25.1 Å². The highest BCUT2D eigenvalue weighted by molar-refractivity contribution is 7.89. The van der Waals surface area contributed by atoms with E-state index in [1.54, 1.807) is 0 Å². The molecule has 1 heterocycles. The van der Waals surface area contributed by atoms with Gasteiger partial charge in [0, 0.05) is 17.7 Å². The van der Waals surface area contributed by atoms with Gasteiger partial charge in [0.25, 0.3) is 5.92 Å². The van der Waals surface area contributed by atoms with Crippen LogP contribution in [0.25, 0.3) is 11.1 Å². The molecule has 2 aromatic rings. The molecule has 0 aliphatic carbocycles. The van der Waals surface area contributed by atoms with Crippen molar-refractivity contribution in [2.75, 3.05) is 12.3 Å². The van der Waals surface area contributed by atoms with Crippen molar-refractivity contribution in [1.82, 2.24) is 10.0 Å². The molecule has 0 unspecified atom stereocenters. The van der Waals surface area contributed by atoms with E-state index in [2.05, 4.69) is 5.32 Å². The second-order valence-corrected chi connectivity index (χ2v) is 8.93. The molecule has 0 saturated carbocycles. The third-order valence-corrected chi connectivity index (χ3v) is 6.21. The molecule has 0 aromatic heterocycles. The maximum atomic E-state index is 15.0. The zero-order valence-electron chi connectivity index (χ0n) is 15.4. The van der Waals surface area contributed by atoms with Crippen LogP contribution in [0.2, 0.25) is 0 Å². The molecule has 1 fully saturated rings. The first kappa shape index (κ1) is 21.7. The Balaban J connectivity index is 1.92. The molecular weight excluding hydrogens is 415 g/mol. The Morgan fingerprint density at radius 3 is 2.41 bits per heavy atom.